The monoisotopic (exact) mass is 338 g/mol. The quantitative estimate of drug-likeness (QED) is 0.547. The number of amides is 1. The van der Waals surface area contributed by atoms with Crippen molar-refractivity contribution in [3.8, 4) is 11.6 Å². The third kappa shape index (κ3) is 3.47. The van der Waals surface area contributed by atoms with Crippen molar-refractivity contribution < 1.29 is 19.1 Å². The average molecular weight is 338 g/mol. The lowest BCUT2D eigenvalue weighted by Gasteiger charge is -2.07. The number of fused-ring (bicyclic) bond motifs is 1. The Morgan fingerprint density at radius 1 is 1.36 bits per heavy atom. The molecule has 0 unspecified atom stereocenters. The van der Waals surface area contributed by atoms with E-state index >= 15 is 0 Å². The molecular weight excluding hydrogens is 324 g/mol. The normalized spacial score (nSPS) is 10.3. The number of benzene rings is 1. The fraction of sp³-hybridized carbons (Fsp3) is 0.0588. The van der Waals surface area contributed by atoms with E-state index in [0.29, 0.717) is 22.6 Å². The summed E-state index contributed by atoms with van der Waals surface area (Å²) >= 11 is 0. The molecule has 0 saturated heterocycles. The summed E-state index contributed by atoms with van der Waals surface area (Å²) in [6.45, 7) is 3.40. The first-order chi connectivity index (χ1) is 12.1. The summed E-state index contributed by atoms with van der Waals surface area (Å²) < 4.78 is 10.4. The molecule has 0 bridgehead atoms. The minimum Gasteiger partial charge on any atom is -0.465 e. The van der Waals surface area contributed by atoms with Gasteiger partial charge in [0.05, 0.1) is 13.3 Å². The first kappa shape index (κ1) is 16.2. The highest BCUT2D eigenvalue weighted by Gasteiger charge is 2.15. The van der Waals surface area contributed by atoms with Crippen molar-refractivity contribution in [2.45, 2.75) is 0 Å². The number of carbonyl (C=O) groups is 2. The van der Waals surface area contributed by atoms with Crippen LogP contribution in [0.5, 0.6) is 11.6 Å². The second-order valence-corrected chi connectivity index (χ2v) is 4.92. The van der Waals surface area contributed by atoms with E-state index in [-0.39, 0.29) is 17.4 Å². The Morgan fingerprint density at radius 3 is 2.96 bits per heavy atom. The predicted molar refractivity (Wildman–Crippen MR) is 90.6 cm³/mol. The van der Waals surface area contributed by atoms with Gasteiger partial charge in [0, 0.05) is 18.0 Å². The van der Waals surface area contributed by atoms with Gasteiger partial charge in [0.2, 0.25) is 11.8 Å². The molecule has 0 aliphatic carbocycles. The van der Waals surface area contributed by atoms with Gasteiger partial charge in [-0.05, 0) is 18.2 Å². The van der Waals surface area contributed by atoms with Crippen LogP contribution in [-0.4, -0.2) is 33.9 Å². The Labute approximate surface area is 142 Å². The summed E-state index contributed by atoms with van der Waals surface area (Å²) in [5, 5.41) is 2.64. The highest BCUT2D eigenvalue weighted by molar-refractivity contribution is 6.01. The lowest BCUT2D eigenvalue weighted by atomic mass is 10.3. The molecule has 8 heteroatoms. The molecule has 3 aromatic rings. The summed E-state index contributed by atoms with van der Waals surface area (Å²) in [7, 11) is 1.29. The van der Waals surface area contributed by atoms with Gasteiger partial charge in [-0.15, -0.1) is 0 Å². The second kappa shape index (κ2) is 6.83. The molecule has 0 saturated carbocycles. The number of esters is 1. The fourth-order valence-electron chi connectivity index (χ4n) is 2.14. The molecular formula is C17H14N4O4. The zero-order valence-electron chi connectivity index (χ0n) is 13.3. The molecule has 2 heterocycles. The van der Waals surface area contributed by atoms with E-state index in [2.05, 4.69) is 26.8 Å². The number of hydrogen-bond donors (Lipinski definition) is 2. The van der Waals surface area contributed by atoms with E-state index in [4.69, 9.17) is 9.47 Å². The molecule has 0 aliphatic heterocycles. The van der Waals surface area contributed by atoms with E-state index in [1.807, 2.05) is 0 Å². The standard InChI is InChI=1S/C17H14N4O4/c1-3-13(22)20-10-5-4-6-11(7-10)25-14-9-19-16-15(21-14)12(8-18-16)17(23)24-2/h3-9H,1H2,2H3,(H,18,19)(H,20,22). The van der Waals surface area contributed by atoms with Gasteiger partial charge in [-0.2, -0.15) is 0 Å². The maximum absolute atomic E-state index is 11.7. The van der Waals surface area contributed by atoms with E-state index in [1.54, 1.807) is 24.3 Å². The Kier molecular flexibility index (Phi) is 4.42. The molecule has 1 aromatic carbocycles. The highest BCUT2D eigenvalue weighted by Crippen LogP contribution is 2.24. The Morgan fingerprint density at radius 2 is 2.20 bits per heavy atom. The van der Waals surface area contributed by atoms with Crippen molar-refractivity contribution in [3.05, 3.63) is 54.9 Å². The average Bonchev–Trinajstić information content (AvgIpc) is 3.04. The third-order valence-corrected chi connectivity index (χ3v) is 3.27. The molecule has 0 atom stereocenters. The molecule has 0 radical (unpaired) electrons. The SMILES string of the molecule is C=CC(=O)Nc1cccc(Oc2cnc3[nH]cc(C(=O)OC)c3n2)c1. The Hall–Kier alpha value is -3.68. The van der Waals surface area contributed by atoms with Crippen LogP contribution in [0.15, 0.2) is 49.3 Å². The van der Waals surface area contributed by atoms with E-state index in [9.17, 15) is 9.59 Å². The zero-order valence-corrected chi connectivity index (χ0v) is 13.3. The molecule has 3 rings (SSSR count). The molecule has 8 nitrogen and oxygen atoms in total. The summed E-state index contributed by atoms with van der Waals surface area (Å²) in [6.07, 6.45) is 4.08. The van der Waals surface area contributed by atoms with Crippen LogP contribution in [0.25, 0.3) is 11.2 Å². The van der Waals surface area contributed by atoms with Crippen LogP contribution in [0.4, 0.5) is 5.69 Å². The van der Waals surface area contributed by atoms with Gasteiger partial charge < -0.3 is 19.8 Å². The highest BCUT2D eigenvalue weighted by atomic mass is 16.5. The summed E-state index contributed by atoms with van der Waals surface area (Å²) in [6, 6.07) is 6.76. The maximum atomic E-state index is 11.7. The number of ether oxygens (including phenoxy) is 2. The van der Waals surface area contributed by atoms with Crippen LogP contribution < -0.4 is 10.1 Å². The first-order valence-corrected chi connectivity index (χ1v) is 7.24. The molecule has 2 N–H and O–H groups in total. The van der Waals surface area contributed by atoms with Gasteiger partial charge >= 0.3 is 5.97 Å². The second-order valence-electron chi connectivity index (χ2n) is 4.92. The molecule has 0 aliphatic rings. The zero-order chi connectivity index (χ0) is 17.8. The van der Waals surface area contributed by atoms with Gasteiger partial charge in [-0.3, -0.25) is 4.79 Å². The van der Waals surface area contributed by atoms with Crippen molar-refractivity contribution in [1.29, 1.82) is 0 Å². The van der Waals surface area contributed by atoms with Crippen molar-refractivity contribution in [1.82, 2.24) is 15.0 Å². The van der Waals surface area contributed by atoms with Gasteiger partial charge in [-0.25, -0.2) is 14.8 Å². The van der Waals surface area contributed by atoms with Crippen LogP contribution in [0.2, 0.25) is 0 Å². The molecule has 0 spiro atoms. The Balaban J connectivity index is 1.88. The van der Waals surface area contributed by atoms with Crippen LogP contribution in [-0.2, 0) is 9.53 Å². The number of carbonyl (C=O) groups excluding carboxylic acids is 2. The molecule has 126 valence electrons. The fourth-order valence-corrected chi connectivity index (χ4v) is 2.14. The molecule has 25 heavy (non-hydrogen) atoms. The minimum absolute atomic E-state index is 0.199. The lowest BCUT2D eigenvalue weighted by Crippen LogP contribution is -2.07. The van der Waals surface area contributed by atoms with Crippen molar-refractivity contribution in [2.75, 3.05) is 12.4 Å². The summed E-state index contributed by atoms with van der Waals surface area (Å²) in [5.74, 6) is -0.199. The number of hydrogen-bond acceptors (Lipinski definition) is 6. The molecule has 2 aromatic heterocycles. The lowest BCUT2D eigenvalue weighted by molar-refractivity contribution is -0.111. The van der Waals surface area contributed by atoms with Crippen LogP contribution in [0, 0.1) is 0 Å². The van der Waals surface area contributed by atoms with Crippen LogP contribution in [0.3, 0.4) is 0 Å². The molecule has 1 amide bonds. The van der Waals surface area contributed by atoms with E-state index in [1.165, 1.54) is 25.6 Å². The van der Waals surface area contributed by atoms with Gasteiger partial charge in [0.1, 0.15) is 16.8 Å². The van der Waals surface area contributed by atoms with Crippen LogP contribution >= 0.6 is 0 Å². The topological polar surface area (TPSA) is 106 Å². The number of aromatic amines is 1. The third-order valence-electron chi connectivity index (χ3n) is 3.27. The predicted octanol–water partition coefficient (Wildman–Crippen LogP) is 2.66. The largest absolute Gasteiger partial charge is 0.465 e. The number of aromatic nitrogens is 3. The number of H-pyrrole nitrogens is 1. The molecule has 0 fully saturated rings. The summed E-state index contributed by atoms with van der Waals surface area (Å²) in [5.41, 5.74) is 1.61. The Bertz CT molecular complexity index is 964. The van der Waals surface area contributed by atoms with Crippen molar-refractivity contribution >= 4 is 28.7 Å². The minimum atomic E-state index is -0.521. The smallest absolute Gasteiger partial charge is 0.341 e. The van der Waals surface area contributed by atoms with Crippen LogP contribution in [0.1, 0.15) is 10.4 Å². The maximum Gasteiger partial charge on any atom is 0.341 e. The van der Waals surface area contributed by atoms with E-state index < -0.39 is 5.97 Å². The van der Waals surface area contributed by atoms with Gasteiger partial charge in [-0.1, -0.05) is 12.6 Å². The van der Waals surface area contributed by atoms with Gasteiger partial charge in [0.15, 0.2) is 5.65 Å². The number of nitrogens with zero attached hydrogens (tertiary/aromatic N) is 2. The number of rotatable bonds is 5. The van der Waals surface area contributed by atoms with Gasteiger partial charge in [0.25, 0.3) is 0 Å². The number of anilines is 1. The summed E-state index contributed by atoms with van der Waals surface area (Å²) in [4.78, 5) is 34.4. The van der Waals surface area contributed by atoms with Crippen molar-refractivity contribution in [2.24, 2.45) is 0 Å². The van der Waals surface area contributed by atoms with Crippen molar-refractivity contribution in [3.63, 3.8) is 0 Å². The number of nitrogens with one attached hydrogen (secondary N) is 2. The van der Waals surface area contributed by atoms with E-state index in [0.717, 1.165) is 0 Å². The number of methoxy groups -OCH3 is 1. The first-order valence-electron chi connectivity index (χ1n) is 7.24.